The number of nitrogens with two attached hydrogens (primary N) is 1. The number of methoxy groups -OCH3 is 1. The lowest BCUT2D eigenvalue weighted by molar-refractivity contribution is -0.0858. The fraction of sp³-hybridized carbons (Fsp3) is 0.818. The second-order valence-corrected chi connectivity index (χ2v) is 5.06. The summed E-state index contributed by atoms with van der Waals surface area (Å²) in [5.41, 5.74) is 5.09. The van der Waals surface area contributed by atoms with Crippen LogP contribution in [-0.2, 0) is 15.8 Å². The van der Waals surface area contributed by atoms with Crippen molar-refractivity contribution in [2.45, 2.75) is 44.1 Å². The zero-order valence-electron chi connectivity index (χ0n) is 10.1. The highest BCUT2D eigenvalue weighted by atomic mass is 16.5. The minimum absolute atomic E-state index is 0.274. The molecule has 0 aromatic carbocycles. The van der Waals surface area contributed by atoms with Crippen LogP contribution in [0.1, 0.15) is 44.8 Å². The molecule has 1 fully saturated rings. The first-order chi connectivity index (χ1) is 7.54. The summed E-state index contributed by atoms with van der Waals surface area (Å²) in [5, 5.41) is 4.03. The number of hydrogen-bond donors (Lipinski definition) is 1. The van der Waals surface area contributed by atoms with Crippen molar-refractivity contribution in [3.8, 4) is 0 Å². The summed E-state index contributed by atoms with van der Waals surface area (Å²) in [6.45, 7) is 4.46. The summed E-state index contributed by atoms with van der Waals surface area (Å²) >= 11 is 0. The summed E-state index contributed by atoms with van der Waals surface area (Å²) in [6.07, 6.45) is 3.08. The van der Waals surface area contributed by atoms with E-state index < -0.39 is 0 Å². The predicted octanol–water partition coefficient (Wildman–Crippen LogP) is 1.33. The molecule has 16 heavy (non-hydrogen) atoms. The van der Waals surface area contributed by atoms with E-state index in [1.54, 1.807) is 7.11 Å². The zero-order chi connectivity index (χ0) is 11.8. The van der Waals surface area contributed by atoms with E-state index in [2.05, 4.69) is 10.1 Å². The molecule has 1 saturated carbocycles. The lowest BCUT2D eigenvalue weighted by Crippen LogP contribution is -2.37. The quantitative estimate of drug-likeness (QED) is 0.836. The molecule has 0 amide bonds. The maximum absolute atomic E-state index is 5.68. The Morgan fingerprint density at radius 2 is 2.19 bits per heavy atom. The van der Waals surface area contributed by atoms with Gasteiger partial charge in [0.05, 0.1) is 5.41 Å². The van der Waals surface area contributed by atoms with Crippen LogP contribution in [0.15, 0.2) is 4.52 Å². The van der Waals surface area contributed by atoms with E-state index in [1.165, 1.54) is 0 Å². The van der Waals surface area contributed by atoms with Crippen molar-refractivity contribution >= 4 is 0 Å². The number of ether oxygens (including phenoxy) is 1. The van der Waals surface area contributed by atoms with Crippen LogP contribution in [0.2, 0.25) is 0 Å². The first-order valence-corrected chi connectivity index (χ1v) is 5.64. The van der Waals surface area contributed by atoms with Crippen LogP contribution in [0.3, 0.4) is 0 Å². The molecule has 1 aliphatic rings. The molecule has 5 heteroatoms. The molecule has 1 aromatic rings. The molecule has 2 N–H and O–H groups in total. The van der Waals surface area contributed by atoms with E-state index in [4.69, 9.17) is 15.0 Å². The molecule has 0 radical (unpaired) electrons. The van der Waals surface area contributed by atoms with Crippen molar-refractivity contribution < 1.29 is 9.26 Å². The summed E-state index contributed by atoms with van der Waals surface area (Å²) in [4.78, 5) is 4.43. The second-order valence-electron chi connectivity index (χ2n) is 5.06. The Bertz CT molecular complexity index is 364. The molecule has 1 aliphatic carbocycles. The van der Waals surface area contributed by atoms with Gasteiger partial charge < -0.3 is 15.0 Å². The van der Waals surface area contributed by atoms with Crippen molar-refractivity contribution in [1.29, 1.82) is 0 Å². The SMILES string of the molecule is COC1(c2noc(C(C)(C)CN)n2)CCC1. The molecule has 5 nitrogen and oxygen atoms in total. The van der Waals surface area contributed by atoms with Crippen molar-refractivity contribution in [3.63, 3.8) is 0 Å². The fourth-order valence-corrected chi connectivity index (χ4v) is 1.79. The average Bonchev–Trinajstić information content (AvgIpc) is 2.67. The van der Waals surface area contributed by atoms with E-state index in [0.717, 1.165) is 19.3 Å². The fourth-order valence-electron chi connectivity index (χ4n) is 1.79. The highest BCUT2D eigenvalue weighted by molar-refractivity contribution is 5.10. The molecule has 0 unspecified atom stereocenters. The molecule has 1 heterocycles. The Balaban J connectivity index is 2.26. The van der Waals surface area contributed by atoms with E-state index in [0.29, 0.717) is 18.3 Å². The van der Waals surface area contributed by atoms with Gasteiger partial charge in [-0.05, 0) is 33.1 Å². The monoisotopic (exact) mass is 225 g/mol. The van der Waals surface area contributed by atoms with Crippen LogP contribution in [0, 0.1) is 0 Å². The standard InChI is InChI=1S/C11H19N3O2/c1-10(2,7-12)9-13-8(14-16-9)11(15-3)5-4-6-11/h4-7,12H2,1-3H3. The van der Waals surface area contributed by atoms with Crippen LogP contribution < -0.4 is 5.73 Å². The molecule has 90 valence electrons. The van der Waals surface area contributed by atoms with E-state index in [9.17, 15) is 0 Å². The Kier molecular flexibility index (Phi) is 2.75. The zero-order valence-corrected chi connectivity index (χ0v) is 10.1. The molecule has 0 saturated heterocycles. The topological polar surface area (TPSA) is 74.2 Å². The van der Waals surface area contributed by atoms with E-state index in [-0.39, 0.29) is 11.0 Å². The third-order valence-corrected chi connectivity index (χ3v) is 3.47. The highest BCUT2D eigenvalue weighted by Crippen LogP contribution is 2.43. The largest absolute Gasteiger partial charge is 0.370 e. The Labute approximate surface area is 95.3 Å². The van der Waals surface area contributed by atoms with Gasteiger partial charge in [-0.1, -0.05) is 5.16 Å². The molecule has 0 atom stereocenters. The van der Waals surface area contributed by atoms with Crippen LogP contribution >= 0.6 is 0 Å². The van der Waals surface area contributed by atoms with E-state index in [1.807, 2.05) is 13.8 Å². The molecular formula is C11H19N3O2. The molecule has 0 bridgehead atoms. The van der Waals surface area contributed by atoms with Gasteiger partial charge in [0.1, 0.15) is 5.60 Å². The van der Waals surface area contributed by atoms with Crippen molar-refractivity contribution in [2.75, 3.05) is 13.7 Å². The maximum atomic E-state index is 5.68. The minimum atomic E-state index is -0.313. The van der Waals surface area contributed by atoms with Crippen LogP contribution in [0.25, 0.3) is 0 Å². The highest BCUT2D eigenvalue weighted by Gasteiger charge is 2.44. The summed E-state index contributed by atoms with van der Waals surface area (Å²) in [7, 11) is 1.70. The number of rotatable bonds is 4. The molecular weight excluding hydrogens is 206 g/mol. The van der Waals surface area contributed by atoms with E-state index >= 15 is 0 Å². The lowest BCUT2D eigenvalue weighted by atomic mass is 9.79. The first-order valence-electron chi connectivity index (χ1n) is 5.64. The van der Waals surface area contributed by atoms with Crippen LogP contribution in [0.4, 0.5) is 0 Å². The van der Waals surface area contributed by atoms with Gasteiger partial charge in [0.2, 0.25) is 11.7 Å². The van der Waals surface area contributed by atoms with Gasteiger partial charge in [0.15, 0.2) is 0 Å². The molecule has 1 aromatic heterocycles. The minimum Gasteiger partial charge on any atom is -0.370 e. The molecule has 2 rings (SSSR count). The van der Waals surface area contributed by atoms with Crippen LogP contribution in [0.5, 0.6) is 0 Å². The normalized spacial score (nSPS) is 19.5. The van der Waals surface area contributed by atoms with Gasteiger partial charge in [-0.25, -0.2) is 0 Å². The van der Waals surface area contributed by atoms with Gasteiger partial charge in [-0.3, -0.25) is 0 Å². The molecule has 0 aliphatic heterocycles. The summed E-state index contributed by atoms with van der Waals surface area (Å²) in [6, 6.07) is 0. The predicted molar refractivity (Wildman–Crippen MR) is 58.9 cm³/mol. The maximum Gasteiger partial charge on any atom is 0.233 e. The average molecular weight is 225 g/mol. The van der Waals surface area contributed by atoms with Crippen molar-refractivity contribution in [1.82, 2.24) is 10.1 Å². The van der Waals surface area contributed by atoms with Gasteiger partial charge in [-0.2, -0.15) is 4.98 Å². The third-order valence-electron chi connectivity index (χ3n) is 3.47. The smallest absolute Gasteiger partial charge is 0.233 e. The Morgan fingerprint density at radius 3 is 2.62 bits per heavy atom. The third kappa shape index (κ3) is 1.64. The van der Waals surface area contributed by atoms with Crippen LogP contribution in [-0.4, -0.2) is 23.8 Å². The van der Waals surface area contributed by atoms with Gasteiger partial charge in [0, 0.05) is 13.7 Å². The molecule has 0 spiro atoms. The second kappa shape index (κ2) is 3.82. The van der Waals surface area contributed by atoms with Crippen molar-refractivity contribution in [2.24, 2.45) is 5.73 Å². The Morgan fingerprint density at radius 1 is 1.50 bits per heavy atom. The van der Waals surface area contributed by atoms with Gasteiger partial charge in [-0.15, -0.1) is 0 Å². The Hall–Kier alpha value is -0.940. The number of aromatic nitrogens is 2. The number of hydrogen-bond acceptors (Lipinski definition) is 5. The number of nitrogens with zero attached hydrogens (tertiary/aromatic N) is 2. The first kappa shape index (κ1) is 11.5. The lowest BCUT2D eigenvalue weighted by Gasteiger charge is -2.37. The summed E-state index contributed by atoms with van der Waals surface area (Å²) < 4.78 is 10.8. The van der Waals surface area contributed by atoms with Gasteiger partial charge >= 0.3 is 0 Å². The summed E-state index contributed by atoms with van der Waals surface area (Å²) in [5.74, 6) is 1.26. The van der Waals surface area contributed by atoms with Crippen molar-refractivity contribution in [3.05, 3.63) is 11.7 Å². The van der Waals surface area contributed by atoms with Gasteiger partial charge in [0.25, 0.3) is 0 Å².